The maximum atomic E-state index is 11.2. The zero-order chi connectivity index (χ0) is 14.3. The molecule has 0 fully saturated rings. The molecular formula is C13H17NO5. The Bertz CT molecular complexity index is 458. The van der Waals surface area contributed by atoms with Crippen molar-refractivity contribution in [2.24, 2.45) is 0 Å². The number of aliphatic hydroxyl groups is 1. The van der Waals surface area contributed by atoms with Crippen LogP contribution in [0.5, 0.6) is 5.75 Å². The lowest BCUT2D eigenvalue weighted by Crippen LogP contribution is -2.02. The number of nitro benzene ring substituents is 1. The van der Waals surface area contributed by atoms with Crippen LogP contribution in [0.1, 0.15) is 36.5 Å². The number of nitrogens with zero attached hydrogens (tertiary/aromatic N) is 1. The lowest BCUT2D eigenvalue weighted by molar-refractivity contribution is -0.385. The van der Waals surface area contributed by atoms with Gasteiger partial charge in [-0.3, -0.25) is 14.9 Å². The summed E-state index contributed by atoms with van der Waals surface area (Å²) in [4.78, 5) is 21.5. The fraction of sp³-hybridized carbons (Fsp3) is 0.462. The lowest BCUT2D eigenvalue weighted by atomic mass is 10.1. The Morgan fingerprint density at radius 3 is 2.68 bits per heavy atom. The third kappa shape index (κ3) is 4.67. The number of nitro groups is 1. The van der Waals surface area contributed by atoms with Crippen LogP contribution in [0.4, 0.5) is 5.69 Å². The van der Waals surface area contributed by atoms with Crippen LogP contribution in [-0.4, -0.2) is 29.0 Å². The van der Waals surface area contributed by atoms with Crippen LogP contribution in [0.2, 0.25) is 0 Å². The molecule has 0 aromatic heterocycles. The number of hydrogen-bond donors (Lipinski definition) is 1. The number of hydrogen-bond acceptors (Lipinski definition) is 5. The van der Waals surface area contributed by atoms with Crippen molar-refractivity contribution in [3.8, 4) is 5.75 Å². The number of aliphatic hydroxyl groups excluding tert-OH is 1. The monoisotopic (exact) mass is 267 g/mol. The summed E-state index contributed by atoms with van der Waals surface area (Å²) in [5, 5.41) is 19.5. The molecule has 0 radical (unpaired) electrons. The summed E-state index contributed by atoms with van der Waals surface area (Å²) in [5.41, 5.74) is 0.0918. The fourth-order valence-electron chi connectivity index (χ4n) is 1.57. The summed E-state index contributed by atoms with van der Waals surface area (Å²) in [5.74, 6) is -0.0587. The Balaban J connectivity index is 2.71. The third-order valence-electron chi connectivity index (χ3n) is 2.62. The Morgan fingerprint density at radius 1 is 1.37 bits per heavy atom. The molecule has 0 aliphatic heterocycles. The average molecular weight is 267 g/mol. The predicted octanol–water partition coefficient (Wildman–Crippen LogP) is 2.34. The van der Waals surface area contributed by atoms with Gasteiger partial charge in [0.25, 0.3) is 0 Å². The molecule has 0 spiro atoms. The second-order valence-electron chi connectivity index (χ2n) is 4.13. The maximum absolute atomic E-state index is 11.2. The minimum absolute atomic E-state index is 0.132. The number of ether oxygens (including phenoxy) is 1. The molecule has 6 heteroatoms. The van der Waals surface area contributed by atoms with Crippen molar-refractivity contribution in [1.29, 1.82) is 0 Å². The first-order valence-electron chi connectivity index (χ1n) is 6.09. The first-order valence-corrected chi connectivity index (χ1v) is 6.09. The van der Waals surface area contributed by atoms with Crippen LogP contribution in [0, 0.1) is 10.1 Å². The Morgan fingerprint density at radius 2 is 2.11 bits per heavy atom. The summed E-state index contributed by atoms with van der Waals surface area (Å²) < 4.78 is 5.35. The van der Waals surface area contributed by atoms with Crippen LogP contribution in [0.15, 0.2) is 18.2 Å². The van der Waals surface area contributed by atoms with E-state index in [4.69, 9.17) is 9.84 Å². The molecule has 0 saturated heterocycles. The zero-order valence-corrected chi connectivity index (χ0v) is 10.8. The van der Waals surface area contributed by atoms with E-state index in [0.29, 0.717) is 25.0 Å². The van der Waals surface area contributed by atoms with E-state index < -0.39 is 4.92 Å². The molecule has 0 saturated carbocycles. The van der Waals surface area contributed by atoms with E-state index in [0.717, 1.165) is 6.42 Å². The average Bonchev–Trinajstić information content (AvgIpc) is 2.38. The number of Topliss-reactive ketones (excluding diaryl/α,β-unsaturated/α-hetero) is 1. The highest BCUT2D eigenvalue weighted by molar-refractivity contribution is 5.95. The maximum Gasteiger partial charge on any atom is 0.311 e. The van der Waals surface area contributed by atoms with Crippen LogP contribution < -0.4 is 4.74 Å². The normalized spacial score (nSPS) is 10.2. The first-order chi connectivity index (χ1) is 9.06. The van der Waals surface area contributed by atoms with Crippen molar-refractivity contribution in [3.05, 3.63) is 33.9 Å². The van der Waals surface area contributed by atoms with E-state index in [1.54, 1.807) is 0 Å². The molecule has 1 aromatic carbocycles. The number of benzene rings is 1. The molecule has 19 heavy (non-hydrogen) atoms. The van der Waals surface area contributed by atoms with Crippen molar-refractivity contribution in [1.82, 2.24) is 0 Å². The molecule has 1 rings (SSSR count). The predicted molar refractivity (Wildman–Crippen MR) is 69.5 cm³/mol. The van der Waals surface area contributed by atoms with E-state index in [1.807, 2.05) is 0 Å². The highest BCUT2D eigenvalue weighted by Crippen LogP contribution is 2.28. The van der Waals surface area contributed by atoms with Gasteiger partial charge in [0.2, 0.25) is 0 Å². The second kappa shape index (κ2) is 7.48. The summed E-state index contributed by atoms with van der Waals surface area (Å²) in [6, 6.07) is 4.19. The van der Waals surface area contributed by atoms with E-state index in [1.165, 1.54) is 25.1 Å². The van der Waals surface area contributed by atoms with Crippen LogP contribution in [-0.2, 0) is 0 Å². The lowest BCUT2D eigenvalue weighted by Gasteiger charge is -2.07. The Hall–Kier alpha value is -1.95. The molecule has 0 aliphatic carbocycles. The number of rotatable bonds is 8. The second-order valence-corrected chi connectivity index (χ2v) is 4.13. The van der Waals surface area contributed by atoms with E-state index in [2.05, 4.69) is 0 Å². The van der Waals surface area contributed by atoms with E-state index in [-0.39, 0.29) is 23.8 Å². The van der Waals surface area contributed by atoms with Crippen LogP contribution in [0.3, 0.4) is 0 Å². The quantitative estimate of drug-likeness (QED) is 0.338. The fourth-order valence-corrected chi connectivity index (χ4v) is 1.57. The summed E-state index contributed by atoms with van der Waals surface area (Å²) >= 11 is 0. The number of carbonyl (C=O) groups is 1. The minimum atomic E-state index is -0.560. The summed E-state index contributed by atoms with van der Waals surface area (Å²) in [6.07, 6.45) is 2.21. The molecular weight excluding hydrogens is 250 g/mol. The Labute approximate surface area is 111 Å². The van der Waals surface area contributed by atoms with Gasteiger partial charge in [-0.2, -0.15) is 0 Å². The first kappa shape index (κ1) is 15.1. The van der Waals surface area contributed by atoms with Crippen LogP contribution >= 0.6 is 0 Å². The molecule has 1 aromatic rings. The molecule has 1 N–H and O–H groups in total. The van der Waals surface area contributed by atoms with Crippen molar-refractivity contribution in [2.75, 3.05) is 13.2 Å². The van der Waals surface area contributed by atoms with Gasteiger partial charge >= 0.3 is 5.69 Å². The van der Waals surface area contributed by atoms with Crippen molar-refractivity contribution >= 4 is 11.5 Å². The molecule has 6 nitrogen and oxygen atoms in total. The van der Waals surface area contributed by atoms with Crippen molar-refractivity contribution in [3.63, 3.8) is 0 Å². The Kier molecular flexibility index (Phi) is 5.95. The van der Waals surface area contributed by atoms with Gasteiger partial charge in [-0.15, -0.1) is 0 Å². The zero-order valence-electron chi connectivity index (χ0n) is 10.8. The molecule has 0 amide bonds. The smallest absolute Gasteiger partial charge is 0.311 e. The standard InChI is InChI=1S/C13H17NO5/c1-10(16)11-5-6-13(12(9-11)14(17)18)19-8-4-2-3-7-15/h5-6,9,15H,2-4,7-8H2,1H3. The largest absolute Gasteiger partial charge is 0.487 e. The molecule has 104 valence electrons. The van der Waals surface area contributed by atoms with Gasteiger partial charge in [-0.1, -0.05) is 0 Å². The van der Waals surface area contributed by atoms with E-state index in [9.17, 15) is 14.9 Å². The molecule has 0 atom stereocenters. The third-order valence-corrected chi connectivity index (χ3v) is 2.62. The summed E-state index contributed by atoms with van der Waals surface area (Å²) in [7, 11) is 0. The van der Waals surface area contributed by atoms with Crippen molar-refractivity contribution in [2.45, 2.75) is 26.2 Å². The van der Waals surface area contributed by atoms with Gasteiger partial charge in [-0.05, 0) is 38.3 Å². The number of ketones is 1. The van der Waals surface area contributed by atoms with Gasteiger partial charge in [0.05, 0.1) is 11.5 Å². The highest BCUT2D eigenvalue weighted by Gasteiger charge is 2.17. The topological polar surface area (TPSA) is 89.7 Å². The van der Waals surface area contributed by atoms with Crippen LogP contribution in [0.25, 0.3) is 0 Å². The SMILES string of the molecule is CC(=O)c1ccc(OCCCCCO)c([N+](=O)[O-])c1. The molecule has 0 unspecified atom stereocenters. The molecule has 0 bridgehead atoms. The van der Waals surface area contributed by atoms with Gasteiger partial charge in [0.1, 0.15) is 0 Å². The van der Waals surface area contributed by atoms with Gasteiger partial charge in [-0.25, -0.2) is 0 Å². The van der Waals surface area contributed by atoms with E-state index >= 15 is 0 Å². The molecule has 0 heterocycles. The van der Waals surface area contributed by atoms with Gasteiger partial charge in [0, 0.05) is 18.2 Å². The minimum Gasteiger partial charge on any atom is -0.487 e. The number of unbranched alkanes of at least 4 members (excludes halogenated alkanes) is 2. The van der Waals surface area contributed by atoms with Gasteiger partial charge < -0.3 is 9.84 Å². The molecule has 0 aliphatic rings. The highest BCUT2D eigenvalue weighted by atomic mass is 16.6. The summed E-state index contributed by atoms with van der Waals surface area (Å²) in [6.45, 7) is 1.84. The van der Waals surface area contributed by atoms with Crippen molar-refractivity contribution < 1.29 is 19.6 Å². The van der Waals surface area contributed by atoms with Gasteiger partial charge in [0.15, 0.2) is 11.5 Å². The number of carbonyl (C=O) groups excluding carboxylic acids is 1.